The molecule has 27 heavy (non-hydrogen) atoms. The van der Waals surface area contributed by atoms with Gasteiger partial charge in [0.15, 0.2) is 0 Å². The number of hydrogen-bond donors (Lipinski definition) is 0. The van der Waals surface area contributed by atoms with E-state index in [-0.39, 0.29) is 0 Å². The molecule has 0 spiro atoms. The molecule has 152 valence electrons. The fourth-order valence-corrected chi connectivity index (χ4v) is 8.05. The maximum Gasteiger partial charge on any atom is -0.00790 e. The van der Waals surface area contributed by atoms with Gasteiger partial charge in [0.2, 0.25) is 0 Å². The van der Waals surface area contributed by atoms with Gasteiger partial charge in [-0.25, -0.2) is 0 Å². The van der Waals surface area contributed by atoms with E-state index in [1.807, 2.05) is 13.8 Å². The highest BCUT2D eigenvalue weighted by molar-refractivity contribution is 5.33. The molecule has 7 unspecified atom stereocenters. The Morgan fingerprint density at radius 2 is 1.81 bits per heavy atom. The van der Waals surface area contributed by atoms with Crippen LogP contribution in [0.15, 0.2) is 36.5 Å². The average molecular weight is 369 g/mol. The molecular formula is C27H44. The van der Waals surface area contributed by atoms with Crippen molar-refractivity contribution in [1.29, 1.82) is 0 Å². The van der Waals surface area contributed by atoms with Crippen molar-refractivity contribution < 1.29 is 0 Å². The van der Waals surface area contributed by atoms with Gasteiger partial charge in [-0.1, -0.05) is 64.5 Å². The molecule has 7 atom stereocenters. The molecule has 0 aromatic heterocycles. The Hall–Kier alpha value is -0.780. The lowest BCUT2D eigenvalue weighted by Gasteiger charge is -2.58. The molecule has 0 aromatic rings. The van der Waals surface area contributed by atoms with Crippen molar-refractivity contribution in [3.05, 3.63) is 36.5 Å². The van der Waals surface area contributed by atoms with Gasteiger partial charge in [-0.15, -0.1) is 6.58 Å². The summed E-state index contributed by atoms with van der Waals surface area (Å²) >= 11 is 0. The van der Waals surface area contributed by atoms with E-state index in [0.29, 0.717) is 10.8 Å². The van der Waals surface area contributed by atoms with Crippen LogP contribution in [0.25, 0.3) is 0 Å². The minimum atomic E-state index is 0.482. The number of rotatable bonds is 3. The van der Waals surface area contributed by atoms with E-state index < -0.39 is 0 Å². The van der Waals surface area contributed by atoms with Crippen molar-refractivity contribution >= 4 is 0 Å². The first kappa shape index (κ1) is 20.9. The summed E-state index contributed by atoms with van der Waals surface area (Å²) in [5.74, 6) is 4.64. The largest absolute Gasteiger partial charge is 0.103 e. The first-order valence-corrected chi connectivity index (χ1v) is 11.9. The van der Waals surface area contributed by atoms with Gasteiger partial charge in [-0.3, -0.25) is 0 Å². The lowest BCUT2D eigenvalue weighted by molar-refractivity contribution is -0.0572. The van der Waals surface area contributed by atoms with Gasteiger partial charge in [-0.2, -0.15) is 0 Å². The molecule has 4 aliphatic carbocycles. The number of allylic oxidation sites excluding steroid dienone is 4. The summed E-state index contributed by atoms with van der Waals surface area (Å²) in [6, 6.07) is 0. The third-order valence-corrected chi connectivity index (χ3v) is 9.38. The molecule has 0 aromatic carbocycles. The Balaban J connectivity index is 0.00000102. The van der Waals surface area contributed by atoms with Crippen LogP contribution >= 0.6 is 0 Å². The monoisotopic (exact) mass is 368 g/mol. The summed E-state index contributed by atoms with van der Waals surface area (Å²) in [5.41, 5.74) is 4.21. The Kier molecular flexibility index (Phi) is 6.14. The zero-order valence-corrected chi connectivity index (χ0v) is 18.8. The minimum Gasteiger partial charge on any atom is -0.103 e. The summed E-state index contributed by atoms with van der Waals surface area (Å²) in [7, 11) is 0. The fourth-order valence-electron chi connectivity index (χ4n) is 8.05. The van der Waals surface area contributed by atoms with Gasteiger partial charge >= 0.3 is 0 Å². The lowest BCUT2D eigenvalue weighted by Crippen LogP contribution is -2.50. The number of fused-ring (bicyclic) bond motifs is 5. The predicted molar refractivity (Wildman–Crippen MR) is 120 cm³/mol. The molecule has 0 bridgehead atoms. The van der Waals surface area contributed by atoms with Gasteiger partial charge in [0.25, 0.3) is 0 Å². The van der Waals surface area contributed by atoms with Crippen molar-refractivity contribution in [2.75, 3.05) is 0 Å². The molecule has 0 N–H and O–H groups in total. The summed E-state index contributed by atoms with van der Waals surface area (Å²) in [5, 5.41) is 0. The van der Waals surface area contributed by atoms with Gasteiger partial charge < -0.3 is 0 Å². The van der Waals surface area contributed by atoms with Crippen molar-refractivity contribution in [2.45, 2.75) is 92.4 Å². The Bertz CT molecular complexity index is 595. The summed E-state index contributed by atoms with van der Waals surface area (Å²) in [6.07, 6.45) is 17.1. The van der Waals surface area contributed by atoms with Gasteiger partial charge in [0, 0.05) is 0 Å². The van der Waals surface area contributed by atoms with Crippen LogP contribution in [0.5, 0.6) is 0 Å². The van der Waals surface area contributed by atoms with Gasteiger partial charge in [0.1, 0.15) is 0 Å². The van der Waals surface area contributed by atoms with Crippen LogP contribution in [-0.4, -0.2) is 0 Å². The topological polar surface area (TPSA) is 0 Å². The van der Waals surface area contributed by atoms with E-state index in [9.17, 15) is 0 Å². The van der Waals surface area contributed by atoms with Crippen molar-refractivity contribution in [1.82, 2.24) is 0 Å². The average Bonchev–Trinajstić information content (AvgIpc) is 3.01. The molecule has 0 heteroatoms. The highest BCUT2D eigenvalue weighted by Crippen LogP contribution is 2.67. The molecule has 4 aliphatic rings. The first-order valence-electron chi connectivity index (χ1n) is 11.9. The molecular weight excluding hydrogens is 324 g/mol. The van der Waals surface area contributed by atoms with Crippen LogP contribution in [-0.2, 0) is 0 Å². The molecule has 4 rings (SSSR count). The summed E-state index contributed by atoms with van der Waals surface area (Å²) in [4.78, 5) is 0. The van der Waals surface area contributed by atoms with Crippen LogP contribution in [0.3, 0.4) is 0 Å². The van der Waals surface area contributed by atoms with E-state index in [1.54, 1.807) is 5.57 Å². The molecule has 3 fully saturated rings. The van der Waals surface area contributed by atoms with E-state index in [4.69, 9.17) is 0 Å². The smallest absolute Gasteiger partial charge is 0.00790 e. The second kappa shape index (κ2) is 7.92. The fraction of sp³-hybridized carbons (Fsp3) is 0.778. The molecule has 0 saturated heterocycles. The highest BCUT2D eigenvalue weighted by Gasteiger charge is 2.59. The Morgan fingerprint density at radius 3 is 2.52 bits per heavy atom. The van der Waals surface area contributed by atoms with Crippen LogP contribution in [0, 0.1) is 40.4 Å². The van der Waals surface area contributed by atoms with Crippen LogP contribution in [0.4, 0.5) is 0 Å². The van der Waals surface area contributed by atoms with E-state index in [2.05, 4.69) is 46.1 Å². The molecule has 0 nitrogen and oxygen atoms in total. The second-order valence-corrected chi connectivity index (χ2v) is 10.4. The molecule has 0 radical (unpaired) electrons. The summed E-state index contributed by atoms with van der Waals surface area (Å²) < 4.78 is 0. The molecule has 3 saturated carbocycles. The minimum absolute atomic E-state index is 0.482. The maximum atomic E-state index is 4.27. The van der Waals surface area contributed by atoms with Crippen LogP contribution in [0.1, 0.15) is 92.4 Å². The standard InChI is InChI=1S/C25H38.C2H6/c1-6-7-18(3)21-10-11-22-20-9-8-19-16-17(2)12-14-24(19,4)23(20)13-15-25(21,22)5;1-2/h6,16,18,20-23H,1-2,7-15H2,3-5H3;1-2H3. The van der Waals surface area contributed by atoms with Gasteiger partial charge in [-0.05, 0) is 98.2 Å². The predicted octanol–water partition coefficient (Wildman–Crippen LogP) is 8.36. The number of hydrogen-bond acceptors (Lipinski definition) is 0. The van der Waals surface area contributed by atoms with E-state index in [0.717, 1.165) is 29.6 Å². The molecule has 0 heterocycles. The Labute approximate surface area is 169 Å². The maximum absolute atomic E-state index is 4.27. The third kappa shape index (κ3) is 3.30. The van der Waals surface area contributed by atoms with Crippen molar-refractivity contribution in [3.8, 4) is 0 Å². The Morgan fingerprint density at radius 1 is 1.07 bits per heavy atom. The normalized spacial score (nSPS) is 44.0. The summed E-state index contributed by atoms with van der Waals surface area (Å²) in [6.45, 7) is 20.0. The van der Waals surface area contributed by atoms with Crippen molar-refractivity contribution in [3.63, 3.8) is 0 Å². The lowest BCUT2D eigenvalue weighted by atomic mass is 9.46. The highest BCUT2D eigenvalue weighted by atomic mass is 14.6. The van der Waals surface area contributed by atoms with Crippen LogP contribution in [0.2, 0.25) is 0 Å². The van der Waals surface area contributed by atoms with Crippen LogP contribution < -0.4 is 0 Å². The third-order valence-electron chi connectivity index (χ3n) is 9.38. The SMILES string of the molecule is C=CCC(C)C1CCC2C3CCC4=CC(=C)CCC4(C)C3CCC12C.CC. The zero-order chi connectivity index (χ0) is 19.8. The molecule has 0 amide bonds. The zero-order valence-electron chi connectivity index (χ0n) is 18.8. The second-order valence-electron chi connectivity index (χ2n) is 10.4. The first-order chi connectivity index (χ1) is 12.9. The van der Waals surface area contributed by atoms with E-state index in [1.165, 1.54) is 63.4 Å². The van der Waals surface area contributed by atoms with Crippen molar-refractivity contribution in [2.24, 2.45) is 40.4 Å². The quantitative estimate of drug-likeness (QED) is 0.439. The molecule has 0 aliphatic heterocycles. The van der Waals surface area contributed by atoms with Gasteiger partial charge in [0.05, 0.1) is 0 Å². The van der Waals surface area contributed by atoms with E-state index >= 15 is 0 Å².